The van der Waals surface area contributed by atoms with E-state index in [0.29, 0.717) is 34.5 Å². The molecule has 3 N–H and O–H groups in total. The maximum atomic E-state index is 12.7. The molecule has 1 aliphatic rings. The molecule has 2 heterocycles. The van der Waals surface area contributed by atoms with Gasteiger partial charge in [-0.1, -0.05) is 0 Å². The van der Waals surface area contributed by atoms with Crippen LogP contribution >= 0.6 is 0 Å². The van der Waals surface area contributed by atoms with Crippen molar-refractivity contribution < 1.29 is 19.0 Å². The topological polar surface area (TPSA) is 98.9 Å². The van der Waals surface area contributed by atoms with Crippen molar-refractivity contribution in [1.82, 2.24) is 15.2 Å². The maximum absolute atomic E-state index is 12.7. The number of benzene rings is 1. The predicted octanol–water partition coefficient (Wildman–Crippen LogP) is 0.896. The van der Waals surface area contributed by atoms with Gasteiger partial charge in [-0.25, -0.2) is 0 Å². The molecular formula is C18H24N4O4. The number of fused-ring (bicyclic) bond motifs is 1. The van der Waals surface area contributed by atoms with Gasteiger partial charge in [-0.2, -0.15) is 0 Å². The number of nitrogens with zero attached hydrogens (tertiary/aromatic N) is 2. The van der Waals surface area contributed by atoms with Crippen LogP contribution in [0.2, 0.25) is 0 Å². The van der Waals surface area contributed by atoms with Crippen LogP contribution in [0.25, 0.3) is 10.8 Å². The summed E-state index contributed by atoms with van der Waals surface area (Å²) in [7, 11) is 3.06. The minimum atomic E-state index is -0.269. The van der Waals surface area contributed by atoms with Crippen LogP contribution in [0.15, 0.2) is 18.3 Å². The molecule has 0 unspecified atom stereocenters. The van der Waals surface area contributed by atoms with Gasteiger partial charge in [0, 0.05) is 49.5 Å². The van der Waals surface area contributed by atoms with Gasteiger partial charge in [-0.05, 0) is 6.07 Å². The summed E-state index contributed by atoms with van der Waals surface area (Å²) >= 11 is 0. The molecule has 2 aromatic rings. The second-order valence-corrected chi connectivity index (χ2v) is 5.99. The minimum absolute atomic E-state index is 0.269. The standard InChI is InChI=1S/C18H24N4O4/c1-24-14-11-13(19)12-3-4-20-16(15(12)17(14)25-2)18(23)21-5-6-22-7-9-26-10-8-22/h3-4,11H,5-10,19H2,1-2H3,(H,21,23). The van der Waals surface area contributed by atoms with E-state index in [1.165, 1.54) is 14.2 Å². The molecule has 0 spiro atoms. The van der Waals surface area contributed by atoms with Gasteiger partial charge in [0.1, 0.15) is 5.69 Å². The predicted molar refractivity (Wildman–Crippen MR) is 98.9 cm³/mol. The highest BCUT2D eigenvalue weighted by Crippen LogP contribution is 2.40. The number of morpholine rings is 1. The molecular weight excluding hydrogens is 336 g/mol. The van der Waals surface area contributed by atoms with E-state index in [4.69, 9.17) is 19.9 Å². The lowest BCUT2D eigenvalue weighted by molar-refractivity contribution is 0.0383. The Morgan fingerprint density at radius 1 is 1.35 bits per heavy atom. The van der Waals surface area contributed by atoms with Gasteiger partial charge in [-0.15, -0.1) is 0 Å². The zero-order chi connectivity index (χ0) is 18.5. The first kappa shape index (κ1) is 18.2. The Bertz CT molecular complexity index is 790. The third kappa shape index (κ3) is 3.66. The molecule has 140 valence electrons. The highest BCUT2D eigenvalue weighted by molar-refractivity contribution is 6.11. The quantitative estimate of drug-likeness (QED) is 0.738. The van der Waals surface area contributed by atoms with E-state index in [-0.39, 0.29) is 11.6 Å². The van der Waals surface area contributed by atoms with Crippen molar-refractivity contribution in [3.63, 3.8) is 0 Å². The van der Waals surface area contributed by atoms with Crippen molar-refractivity contribution >= 4 is 22.4 Å². The largest absolute Gasteiger partial charge is 0.493 e. The summed E-state index contributed by atoms with van der Waals surface area (Å²) in [5.41, 5.74) is 6.88. The third-order valence-corrected chi connectivity index (χ3v) is 4.46. The number of nitrogen functional groups attached to an aromatic ring is 1. The second-order valence-electron chi connectivity index (χ2n) is 5.99. The number of ether oxygens (including phenoxy) is 3. The molecule has 0 aliphatic carbocycles. The number of methoxy groups -OCH3 is 2. The molecule has 1 aromatic heterocycles. The Hall–Kier alpha value is -2.58. The summed E-state index contributed by atoms with van der Waals surface area (Å²) in [6.07, 6.45) is 1.57. The van der Waals surface area contributed by atoms with Gasteiger partial charge >= 0.3 is 0 Å². The first-order valence-corrected chi connectivity index (χ1v) is 8.53. The molecule has 3 rings (SSSR count). The number of anilines is 1. The van der Waals surface area contributed by atoms with Crippen LogP contribution in [0.5, 0.6) is 11.5 Å². The van der Waals surface area contributed by atoms with Crippen molar-refractivity contribution in [2.75, 3.05) is 59.3 Å². The average Bonchev–Trinajstić information content (AvgIpc) is 2.68. The van der Waals surface area contributed by atoms with Crippen LogP contribution in [0.4, 0.5) is 5.69 Å². The molecule has 1 aromatic carbocycles. The van der Waals surface area contributed by atoms with Gasteiger partial charge < -0.3 is 25.3 Å². The summed E-state index contributed by atoms with van der Waals surface area (Å²) in [5, 5.41) is 4.18. The molecule has 8 heteroatoms. The van der Waals surface area contributed by atoms with Gasteiger partial charge in [0.2, 0.25) is 0 Å². The van der Waals surface area contributed by atoms with Crippen LogP contribution < -0.4 is 20.5 Å². The number of nitrogens with one attached hydrogen (secondary N) is 1. The van der Waals surface area contributed by atoms with E-state index in [1.807, 2.05) is 0 Å². The number of aromatic nitrogens is 1. The normalized spacial score (nSPS) is 15.0. The van der Waals surface area contributed by atoms with Crippen molar-refractivity contribution in [2.45, 2.75) is 0 Å². The van der Waals surface area contributed by atoms with E-state index in [0.717, 1.165) is 32.8 Å². The van der Waals surface area contributed by atoms with E-state index in [9.17, 15) is 4.79 Å². The number of nitrogens with two attached hydrogens (primary N) is 1. The summed E-state index contributed by atoms with van der Waals surface area (Å²) in [5.74, 6) is 0.644. The molecule has 1 saturated heterocycles. The van der Waals surface area contributed by atoms with Crippen molar-refractivity contribution in [3.8, 4) is 11.5 Å². The molecule has 0 radical (unpaired) electrons. The first-order valence-electron chi connectivity index (χ1n) is 8.53. The van der Waals surface area contributed by atoms with Gasteiger partial charge in [0.15, 0.2) is 11.5 Å². The van der Waals surface area contributed by atoms with Crippen LogP contribution in [-0.2, 0) is 4.74 Å². The summed E-state index contributed by atoms with van der Waals surface area (Å²) in [6.45, 7) is 4.51. The Morgan fingerprint density at radius 3 is 2.81 bits per heavy atom. The molecule has 0 atom stereocenters. The highest BCUT2D eigenvalue weighted by atomic mass is 16.5. The summed E-state index contributed by atoms with van der Waals surface area (Å²) < 4.78 is 16.1. The third-order valence-electron chi connectivity index (χ3n) is 4.46. The fourth-order valence-corrected chi connectivity index (χ4v) is 3.10. The highest BCUT2D eigenvalue weighted by Gasteiger charge is 2.20. The summed E-state index contributed by atoms with van der Waals surface area (Å²) in [6, 6.07) is 3.44. The zero-order valence-electron chi connectivity index (χ0n) is 15.1. The lowest BCUT2D eigenvalue weighted by atomic mass is 10.1. The molecule has 1 amide bonds. The molecule has 8 nitrogen and oxygen atoms in total. The number of pyridine rings is 1. The SMILES string of the molecule is COc1cc(N)c2ccnc(C(=O)NCCN3CCOCC3)c2c1OC. The number of hydrogen-bond acceptors (Lipinski definition) is 7. The monoisotopic (exact) mass is 360 g/mol. The number of amides is 1. The first-order chi connectivity index (χ1) is 12.7. The Morgan fingerprint density at radius 2 is 2.12 bits per heavy atom. The molecule has 0 saturated carbocycles. The number of carbonyl (C=O) groups is 1. The Kier molecular flexibility index (Phi) is 5.75. The average molecular weight is 360 g/mol. The van der Waals surface area contributed by atoms with Crippen LogP contribution in [0.1, 0.15) is 10.5 Å². The smallest absolute Gasteiger partial charge is 0.270 e. The Balaban J connectivity index is 1.84. The van der Waals surface area contributed by atoms with Crippen molar-refractivity contribution in [3.05, 3.63) is 24.0 Å². The fraction of sp³-hybridized carbons (Fsp3) is 0.444. The van der Waals surface area contributed by atoms with Crippen molar-refractivity contribution in [1.29, 1.82) is 0 Å². The van der Waals surface area contributed by atoms with Crippen LogP contribution in [0.3, 0.4) is 0 Å². The second kappa shape index (κ2) is 8.20. The Labute approximate surface area is 152 Å². The van der Waals surface area contributed by atoms with Gasteiger partial charge in [0.05, 0.1) is 32.8 Å². The number of hydrogen-bond donors (Lipinski definition) is 2. The van der Waals surface area contributed by atoms with Crippen LogP contribution in [-0.4, -0.2) is 69.4 Å². The van der Waals surface area contributed by atoms with E-state index in [1.54, 1.807) is 18.3 Å². The summed E-state index contributed by atoms with van der Waals surface area (Å²) in [4.78, 5) is 19.2. The van der Waals surface area contributed by atoms with Crippen LogP contribution in [0, 0.1) is 0 Å². The lowest BCUT2D eigenvalue weighted by Crippen LogP contribution is -2.41. The molecule has 1 fully saturated rings. The fourth-order valence-electron chi connectivity index (χ4n) is 3.10. The van der Waals surface area contributed by atoms with Gasteiger partial charge in [-0.3, -0.25) is 14.7 Å². The lowest BCUT2D eigenvalue weighted by Gasteiger charge is -2.26. The minimum Gasteiger partial charge on any atom is -0.493 e. The molecule has 1 aliphatic heterocycles. The zero-order valence-corrected chi connectivity index (χ0v) is 15.1. The number of carbonyl (C=O) groups excluding carboxylic acids is 1. The van der Waals surface area contributed by atoms with E-state index in [2.05, 4.69) is 15.2 Å². The van der Waals surface area contributed by atoms with Gasteiger partial charge in [0.25, 0.3) is 5.91 Å². The molecule has 0 bridgehead atoms. The molecule has 26 heavy (non-hydrogen) atoms. The maximum Gasteiger partial charge on any atom is 0.270 e. The van der Waals surface area contributed by atoms with Crippen molar-refractivity contribution in [2.24, 2.45) is 0 Å². The number of rotatable bonds is 6. The van der Waals surface area contributed by atoms with E-state index < -0.39 is 0 Å². The van der Waals surface area contributed by atoms with E-state index >= 15 is 0 Å².